The summed E-state index contributed by atoms with van der Waals surface area (Å²) in [6, 6.07) is 10.9. The third-order valence-electron chi connectivity index (χ3n) is 5.57. The summed E-state index contributed by atoms with van der Waals surface area (Å²) in [5, 5.41) is 2.89. The smallest absolute Gasteiger partial charge is 0.272 e. The van der Waals surface area contributed by atoms with Crippen molar-refractivity contribution in [2.75, 3.05) is 39.3 Å². The van der Waals surface area contributed by atoms with E-state index in [0.29, 0.717) is 31.0 Å². The molecule has 0 unspecified atom stereocenters. The van der Waals surface area contributed by atoms with E-state index < -0.39 is 0 Å². The standard InChI is InChI=1S/C24H33N5O2/c1-19-9-7-11-21(26-19)23(30)25-13-16-29(18-17-28-14-5-3-4-6-15-28)24(31)22-12-8-10-20(2)27-22/h7-12H,3-6,13-18H2,1-2H3,(H,25,30). The van der Waals surface area contributed by atoms with Gasteiger partial charge in [0.15, 0.2) is 0 Å². The van der Waals surface area contributed by atoms with E-state index in [2.05, 4.69) is 20.2 Å². The summed E-state index contributed by atoms with van der Waals surface area (Å²) in [6.45, 7) is 8.16. The summed E-state index contributed by atoms with van der Waals surface area (Å²) in [4.78, 5) is 38.5. The van der Waals surface area contributed by atoms with Crippen molar-refractivity contribution in [1.82, 2.24) is 25.1 Å². The average molecular weight is 424 g/mol. The molecule has 1 aliphatic rings. The molecule has 0 bridgehead atoms. The molecule has 31 heavy (non-hydrogen) atoms. The monoisotopic (exact) mass is 423 g/mol. The largest absolute Gasteiger partial charge is 0.349 e. The zero-order chi connectivity index (χ0) is 22.1. The lowest BCUT2D eigenvalue weighted by molar-refractivity contribution is 0.0723. The minimum Gasteiger partial charge on any atom is -0.349 e. The van der Waals surface area contributed by atoms with Crippen molar-refractivity contribution in [2.24, 2.45) is 0 Å². The van der Waals surface area contributed by atoms with Crippen LogP contribution in [-0.4, -0.2) is 70.9 Å². The van der Waals surface area contributed by atoms with Gasteiger partial charge in [0, 0.05) is 37.6 Å². The molecule has 166 valence electrons. The molecule has 0 aromatic carbocycles. The summed E-state index contributed by atoms with van der Waals surface area (Å²) in [5.74, 6) is -0.321. The Bertz CT molecular complexity index is 878. The SMILES string of the molecule is Cc1cccc(C(=O)NCCN(CCN2CCCCCC2)C(=O)c2cccc(C)n2)n1. The summed E-state index contributed by atoms with van der Waals surface area (Å²) in [6.07, 6.45) is 5.00. The van der Waals surface area contributed by atoms with Crippen LogP contribution >= 0.6 is 0 Å². The highest BCUT2D eigenvalue weighted by atomic mass is 16.2. The maximum Gasteiger partial charge on any atom is 0.272 e. The van der Waals surface area contributed by atoms with Crippen molar-refractivity contribution in [1.29, 1.82) is 0 Å². The fourth-order valence-electron chi connectivity index (χ4n) is 3.83. The Hall–Kier alpha value is -2.80. The highest BCUT2D eigenvalue weighted by molar-refractivity contribution is 5.93. The van der Waals surface area contributed by atoms with E-state index in [0.717, 1.165) is 31.0 Å². The predicted octanol–water partition coefficient (Wildman–Crippen LogP) is 2.84. The van der Waals surface area contributed by atoms with Crippen molar-refractivity contribution in [3.05, 3.63) is 59.2 Å². The van der Waals surface area contributed by atoms with Crippen LogP contribution in [0.2, 0.25) is 0 Å². The molecule has 1 aliphatic heterocycles. The van der Waals surface area contributed by atoms with Crippen molar-refractivity contribution in [3.8, 4) is 0 Å². The van der Waals surface area contributed by atoms with Gasteiger partial charge >= 0.3 is 0 Å². The van der Waals surface area contributed by atoms with E-state index in [1.54, 1.807) is 17.0 Å². The Morgan fingerprint density at radius 2 is 1.52 bits per heavy atom. The first kappa shape index (κ1) is 22.9. The van der Waals surface area contributed by atoms with Gasteiger partial charge in [-0.2, -0.15) is 0 Å². The van der Waals surface area contributed by atoms with Gasteiger partial charge < -0.3 is 15.1 Å². The number of aryl methyl sites for hydroxylation is 2. The molecule has 2 amide bonds. The molecule has 2 aromatic heterocycles. The number of amides is 2. The van der Waals surface area contributed by atoms with Crippen molar-refractivity contribution in [3.63, 3.8) is 0 Å². The normalized spacial score (nSPS) is 14.6. The quantitative estimate of drug-likeness (QED) is 0.706. The molecule has 2 aromatic rings. The molecule has 0 radical (unpaired) electrons. The topological polar surface area (TPSA) is 78.4 Å². The summed E-state index contributed by atoms with van der Waals surface area (Å²) >= 11 is 0. The van der Waals surface area contributed by atoms with Gasteiger partial charge in [0.25, 0.3) is 11.8 Å². The average Bonchev–Trinajstić information content (AvgIpc) is 3.04. The lowest BCUT2D eigenvalue weighted by Gasteiger charge is -2.27. The highest BCUT2D eigenvalue weighted by Gasteiger charge is 2.19. The molecule has 0 aliphatic carbocycles. The number of carbonyl (C=O) groups is 2. The zero-order valence-corrected chi connectivity index (χ0v) is 18.6. The van der Waals surface area contributed by atoms with Gasteiger partial charge in [0.2, 0.25) is 0 Å². The Balaban J connectivity index is 1.61. The van der Waals surface area contributed by atoms with Crippen LogP contribution in [0, 0.1) is 13.8 Å². The second-order valence-electron chi connectivity index (χ2n) is 8.13. The van der Waals surface area contributed by atoms with Crippen LogP contribution in [0.25, 0.3) is 0 Å². The Morgan fingerprint density at radius 1 is 0.903 bits per heavy atom. The molecule has 1 fully saturated rings. The molecule has 1 saturated heterocycles. The van der Waals surface area contributed by atoms with E-state index in [1.165, 1.54) is 25.7 Å². The molecule has 3 rings (SSSR count). The summed E-state index contributed by atoms with van der Waals surface area (Å²) in [7, 11) is 0. The molecule has 0 spiro atoms. The first-order valence-corrected chi connectivity index (χ1v) is 11.2. The van der Waals surface area contributed by atoms with E-state index in [4.69, 9.17) is 0 Å². The second kappa shape index (κ2) is 11.6. The number of nitrogens with one attached hydrogen (secondary N) is 1. The molecule has 0 atom stereocenters. The number of aromatic nitrogens is 2. The van der Waals surface area contributed by atoms with Crippen LogP contribution < -0.4 is 5.32 Å². The minimum atomic E-state index is -0.225. The van der Waals surface area contributed by atoms with Crippen LogP contribution in [0.15, 0.2) is 36.4 Å². The van der Waals surface area contributed by atoms with E-state index in [-0.39, 0.29) is 11.8 Å². The van der Waals surface area contributed by atoms with Crippen molar-refractivity contribution < 1.29 is 9.59 Å². The molecular weight excluding hydrogens is 390 g/mol. The van der Waals surface area contributed by atoms with Crippen molar-refractivity contribution >= 4 is 11.8 Å². The summed E-state index contributed by atoms with van der Waals surface area (Å²) in [5.41, 5.74) is 2.45. The van der Waals surface area contributed by atoms with Gasteiger partial charge in [0.1, 0.15) is 11.4 Å². The van der Waals surface area contributed by atoms with Crippen LogP contribution in [0.1, 0.15) is 58.0 Å². The van der Waals surface area contributed by atoms with Gasteiger partial charge in [0.05, 0.1) is 0 Å². The number of hydrogen-bond acceptors (Lipinski definition) is 5. The van der Waals surface area contributed by atoms with Crippen LogP contribution in [-0.2, 0) is 0 Å². The molecule has 7 heteroatoms. The number of likely N-dealkylation sites (tertiary alicyclic amines) is 1. The third-order valence-corrected chi connectivity index (χ3v) is 5.57. The molecule has 3 heterocycles. The minimum absolute atomic E-state index is 0.0959. The molecule has 1 N–H and O–H groups in total. The zero-order valence-electron chi connectivity index (χ0n) is 18.6. The maximum atomic E-state index is 13.1. The molecule has 7 nitrogen and oxygen atoms in total. The second-order valence-corrected chi connectivity index (χ2v) is 8.13. The van der Waals surface area contributed by atoms with Gasteiger partial charge in [-0.05, 0) is 64.0 Å². The van der Waals surface area contributed by atoms with Crippen LogP contribution in [0.5, 0.6) is 0 Å². The third kappa shape index (κ3) is 7.14. The number of nitrogens with zero attached hydrogens (tertiary/aromatic N) is 4. The highest BCUT2D eigenvalue weighted by Crippen LogP contribution is 2.10. The first-order chi connectivity index (χ1) is 15.0. The predicted molar refractivity (Wildman–Crippen MR) is 121 cm³/mol. The number of hydrogen-bond donors (Lipinski definition) is 1. The number of rotatable bonds is 8. The van der Waals surface area contributed by atoms with Gasteiger partial charge in [-0.3, -0.25) is 9.59 Å². The first-order valence-electron chi connectivity index (χ1n) is 11.2. The van der Waals surface area contributed by atoms with E-state index in [9.17, 15) is 9.59 Å². The maximum absolute atomic E-state index is 13.1. The van der Waals surface area contributed by atoms with Gasteiger partial charge in [-0.25, -0.2) is 9.97 Å². The fourth-order valence-corrected chi connectivity index (χ4v) is 3.83. The number of pyridine rings is 2. The van der Waals surface area contributed by atoms with Crippen LogP contribution in [0.4, 0.5) is 0 Å². The van der Waals surface area contributed by atoms with Gasteiger partial charge in [-0.15, -0.1) is 0 Å². The van der Waals surface area contributed by atoms with Gasteiger partial charge in [-0.1, -0.05) is 25.0 Å². The lowest BCUT2D eigenvalue weighted by atomic mass is 10.2. The molecule has 0 saturated carbocycles. The Labute approximate surface area is 184 Å². The van der Waals surface area contributed by atoms with Crippen LogP contribution in [0.3, 0.4) is 0 Å². The summed E-state index contributed by atoms with van der Waals surface area (Å²) < 4.78 is 0. The van der Waals surface area contributed by atoms with E-state index >= 15 is 0 Å². The number of carbonyl (C=O) groups excluding carboxylic acids is 2. The molecular formula is C24H33N5O2. The lowest BCUT2D eigenvalue weighted by Crippen LogP contribution is -2.43. The Kier molecular flexibility index (Phi) is 8.53. The van der Waals surface area contributed by atoms with Crippen molar-refractivity contribution in [2.45, 2.75) is 39.5 Å². The fraction of sp³-hybridized carbons (Fsp3) is 0.500. The van der Waals surface area contributed by atoms with E-state index in [1.807, 2.05) is 38.1 Å². The Morgan fingerprint density at radius 3 is 2.16 bits per heavy atom.